The van der Waals surface area contributed by atoms with E-state index in [4.69, 9.17) is 16.3 Å². The van der Waals surface area contributed by atoms with Crippen LogP contribution >= 0.6 is 11.6 Å². The number of fused-ring (bicyclic) bond motifs is 1. The van der Waals surface area contributed by atoms with E-state index in [1.54, 1.807) is 25.8 Å². The molecule has 0 aromatic heterocycles. The quantitative estimate of drug-likeness (QED) is 0.398. The lowest BCUT2D eigenvalue weighted by Gasteiger charge is -2.28. The molecule has 8 nitrogen and oxygen atoms in total. The lowest BCUT2D eigenvalue weighted by atomic mass is 10.1. The van der Waals surface area contributed by atoms with E-state index in [0.717, 1.165) is 23.2 Å². The number of carbonyl (C=O) groups is 2. The topological polar surface area (TPSA) is 96.0 Å². The molecule has 2 amide bonds. The number of rotatable bonds is 7. The first-order chi connectivity index (χ1) is 18.4. The Kier molecular flexibility index (Phi) is 8.23. The molecule has 0 radical (unpaired) electrons. The highest BCUT2D eigenvalue weighted by atomic mass is 35.5. The van der Waals surface area contributed by atoms with Gasteiger partial charge in [-0.2, -0.15) is 0 Å². The average Bonchev–Trinajstić information content (AvgIpc) is 3.18. The maximum atomic E-state index is 13.8. The maximum absolute atomic E-state index is 13.8. The summed E-state index contributed by atoms with van der Waals surface area (Å²) >= 11 is 6.34. The summed E-state index contributed by atoms with van der Waals surface area (Å²) in [5.74, 6) is -0.500. The number of anilines is 1. The van der Waals surface area contributed by atoms with Crippen LogP contribution < -0.4 is 10.4 Å². The number of nitrogens with zero attached hydrogens (tertiary/aromatic N) is 2. The summed E-state index contributed by atoms with van der Waals surface area (Å²) in [5.41, 5.74) is 4.88. The Bertz CT molecular complexity index is 1470. The van der Waals surface area contributed by atoms with Crippen LogP contribution in [0.1, 0.15) is 49.2 Å². The number of benzene rings is 3. The van der Waals surface area contributed by atoms with E-state index in [0.29, 0.717) is 4.31 Å². The summed E-state index contributed by atoms with van der Waals surface area (Å²) in [6, 6.07) is 21.0. The molecule has 1 heterocycles. The van der Waals surface area contributed by atoms with Gasteiger partial charge >= 0.3 is 6.09 Å². The van der Waals surface area contributed by atoms with Gasteiger partial charge in [-0.1, -0.05) is 60.1 Å². The largest absolute Gasteiger partial charge is 0.443 e. The molecule has 1 atom stereocenters. The number of hydrogen-bond acceptors (Lipinski definition) is 6. The molecule has 0 bridgehead atoms. The Labute approximate surface area is 234 Å². The molecule has 1 unspecified atom stereocenters. The van der Waals surface area contributed by atoms with Crippen molar-refractivity contribution < 1.29 is 22.7 Å². The fraction of sp³-hybridized carbons (Fsp3) is 0.310. The van der Waals surface area contributed by atoms with Gasteiger partial charge in [0.25, 0.3) is 15.9 Å². The summed E-state index contributed by atoms with van der Waals surface area (Å²) in [5, 5.41) is 1.66. The van der Waals surface area contributed by atoms with Crippen molar-refractivity contribution in [3.63, 3.8) is 0 Å². The lowest BCUT2D eigenvalue weighted by molar-refractivity contribution is 0.0392. The lowest BCUT2D eigenvalue weighted by Crippen LogP contribution is -2.45. The molecule has 10 heteroatoms. The van der Waals surface area contributed by atoms with Crippen LogP contribution in [0.5, 0.6) is 0 Å². The summed E-state index contributed by atoms with van der Waals surface area (Å²) in [4.78, 5) is 26.0. The van der Waals surface area contributed by atoms with Gasteiger partial charge in [0.2, 0.25) is 0 Å². The number of halogens is 1. The molecule has 3 aromatic rings. The zero-order valence-electron chi connectivity index (χ0n) is 22.3. The summed E-state index contributed by atoms with van der Waals surface area (Å²) in [6.45, 7) is 6.78. The first-order valence-electron chi connectivity index (χ1n) is 12.6. The fourth-order valence-electron chi connectivity index (χ4n) is 4.37. The molecule has 0 spiro atoms. The van der Waals surface area contributed by atoms with Crippen LogP contribution in [-0.2, 0) is 27.6 Å². The van der Waals surface area contributed by atoms with Crippen LogP contribution in [0.4, 0.5) is 10.5 Å². The number of nitrogens with one attached hydrogen (secondary N) is 1. The van der Waals surface area contributed by atoms with Crippen LogP contribution in [0.25, 0.3) is 0 Å². The Morgan fingerprint density at radius 1 is 1.05 bits per heavy atom. The second kappa shape index (κ2) is 11.3. The van der Waals surface area contributed by atoms with Crippen molar-refractivity contribution in [2.45, 2.75) is 57.1 Å². The van der Waals surface area contributed by atoms with E-state index in [9.17, 15) is 18.0 Å². The Hall–Kier alpha value is -3.56. The highest BCUT2D eigenvalue weighted by molar-refractivity contribution is 7.89. The van der Waals surface area contributed by atoms with Crippen molar-refractivity contribution in [2.75, 3.05) is 11.6 Å². The van der Waals surface area contributed by atoms with Gasteiger partial charge in [0.05, 0.1) is 16.8 Å². The summed E-state index contributed by atoms with van der Waals surface area (Å²) < 4.78 is 33.8. The van der Waals surface area contributed by atoms with E-state index in [1.807, 2.05) is 61.5 Å². The van der Waals surface area contributed by atoms with Gasteiger partial charge in [-0.3, -0.25) is 15.2 Å². The van der Waals surface area contributed by atoms with Crippen molar-refractivity contribution in [2.24, 2.45) is 0 Å². The van der Waals surface area contributed by atoms with E-state index < -0.39 is 27.6 Å². The Morgan fingerprint density at radius 3 is 2.41 bits per heavy atom. The smallest absolute Gasteiger partial charge is 0.424 e. The molecule has 0 saturated carbocycles. The van der Waals surface area contributed by atoms with Crippen molar-refractivity contribution in [1.82, 2.24) is 9.73 Å². The zero-order chi connectivity index (χ0) is 28.4. The Balaban J connectivity index is 1.63. The number of amides is 2. The van der Waals surface area contributed by atoms with Crippen LogP contribution in [0.2, 0.25) is 5.02 Å². The van der Waals surface area contributed by atoms with Gasteiger partial charge in [-0.15, -0.1) is 0 Å². The Morgan fingerprint density at radius 2 is 1.72 bits per heavy atom. The second-order valence-corrected chi connectivity index (χ2v) is 12.7. The minimum Gasteiger partial charge on any atom is -0.443 e. The molecule has 206 valence electrons. The van der Waals surface area contributed by atoms with Crippen molar-refractivity contribution in [3.05, 3.63) is 94.5 Å². The third-order valence-electron chi connectivity index (χ3n) is 6.23. The van der Waals surface area contributed by atoms with Crippen LogP contribution in [-0.4, -0.2) is 42.9 Å². The second-order valence-electron chi connectivity index (χ2n) is 10.4. The SMILES string of the molecule is CC1Cc2ccccc2N1NC(=O)c1ccc(Cl)c(S(=O)(=O)N(CCc2ccccc2)C(=O)OC(C)(C)C)c1. The third-order valence-corrected chi connectivity index (χ3v) is 8.48. The summed E-state index contributed by atoms with van der Waals surface area (Å²) in [7, 11) is -4.48. The molecule has 0 aliphatic carbocycles. The van der Waals surface area contributed by atoms with Gasteiger partial charge in [0.1, 0.15) is 10.5 Å². The van der Waals surface area contributed by atoms with Crippen LogP contribution in [0, 0.1) is 0 Å². The highest BCUT2D eigenvalue weighted by Gasteiger charge is 2.35. The molecule has 39 heavy (non-hydrogen) atoms. The van der Waals surface area contributed by atoms with E-state index in [-0.39, 0.29) is 34.5 Å². The van der Waals surface area contributed by atoms with E-state index in [1.165, 1.54) is 18.2 Å². The molecular formula is C29H32ClN3O5S. The van der Waals surface area contributed by atoms with Gasteiger partial charge in [0, 0.05) is 12.1 Å². The van der Waals surface area contributed by atoms with Gasteiger partial charge in [-0.25, -0.2) is 17.5 Å². The summed E-state index contributed by atoms with van der Waals surface area (Å²) in [6.07, 6.45) is 0.0126. The predicted octanol–water partition coefficient (Wildman–Crippen LogP) is 5.60. The number of hydrazine groups is 1. The fourth-order valence-corrected chi connectivity index (χ4v) is 6.17. The van der Waals surface area contributed by atoms with E-state index >= 15 is 0 Å². The molecule has 1 N–H and O–H groups in total. The predicted molar refractivity (Wildman–Crippen MR) is 151 cm³/mol. The zero-order valence-corrected chi connectivity index (χ0v) is 23.9. The van der Waals surface area contributed by atoms with Gasteiger partial charge in [0.15, 0.2) is 0 Å². The number of sulfonamides is 1. The molecule has 1 aliphatic rings. The minimum atomic E-state index is -4.48. The van der Waals surface area contributed by atoms with Crippen molar-refractivity contribution in [1.29, 1.82) is 0 Å². The van der Waals surface area contributed by atoms with Gasteiger partial charge in [-0.05, 0) is 75.9 Å². The first-order valence-corrected chi connectivity index (χ1v) is 14.5. The number of carbonyl (C=O) groups excluding carboxylic acids is 2. The molecule has 3 aromatic carbocycles. The standard InChI is InChI=1S/C29H32ClN3O5S/c1-20-18-22-12-8-9-13-25(22)33(20)31-27(34)23-14-15-24(30)26(19-23)39(36,37)32(28(35)38-29(2,3)4)17-16-21-10-6-5-7-11-21/h5-15,19-20H,16-18H2,1-4H3,(H,31,34). The first kappa shape index (κ1) is 28.4. The minimum absolute atomic E-state index is 0.0162. The maximum Gasteiger partial charge on any atom is 0.424 e. The van der Waals surface area contributed by atoms with E-state index in [2.05, 4.69) is 5.43 Å². The van der Waals surface area contributed by atoms with Gasteiger partial charge < -0.3 is 4.74 Å². The number of ether oxygens (including phenoxy) is 1. The average molecular weight is 570 g/mol. The molecular weight excluding hydrogens is 538 g/mol. The molecule has 4 rings (SSSR count). The third kappa shape index (κ3) is 6.54. The monoisotopic (exact) mass is 569 g/mol. The number of hydrogen-bond donors (Lipinski definition) is 1. The number of para-hydroxylation sites is 1. The van der Waals surface area contributed by atoms with Crippen LogP contribution in [0.3, 0.4) is 0 Å². The highest BCUT2D eigenvalue weighted by Crippen LogP contribution is 2.31. The normalized spacial score (nSPS) is 15.0. The van der Waals surface area contributed by atoms with Crippen molar-refractivity contribution >= 4 is 39.3 Å². The molecule has 0 fully saturated rings. The van der Waals surface area contributed by atoms with Crippen molar-refractivity contribution in [3.8, 4) is 0 Å². The molecule has 1 aliphatic heterocycles. The van der Waals surface area contributed by atoms with Crippen LogP contribution in [0.15, 0.2) is 77.7 Å². The molecule has 0 saturated heterocycles.